The Bertz CT molecular complexity index is 1340. The molecule has 164 valence electrons. The summed E-state index contributed by atoms with van der Waals surface area (Å²) >= 11 is 0. The third-order valence-corrected chi connectivity index (χ3v) is 7.57. The predicted octanol–water partition coefficient (Wildman–Crippen LogP) is 4.52. The van der Waals surface area contributed by atoms with E-state index in [1.54, 1.807) is 56.3 Å². The summed E-state index contributed by atoms with van der Waals surface area (Å²) in [5.74, 6) is -0.736. The fourth-order valence-electron chi connectivity index (χ4n) is 4.29. The molecule has 1 heterocycles. The molecule has 0 unspecified atom stereocenters. The second kappa shape index (κ2) is 7.91. The van der Waals surface area contributed by atoms with Gasteiger partial charge in [-0.15, -0.1) is 0 Å². The number of benzene rings is 3. The maximum atomic E-state index is 13.3. The first kappa shape index (κ1) is 21.8. The minimum Gasteiger partial charge on any atom is -0.279 e. The Balaban J connectivity index is 1.75. The summed E-state index contributed by atoms with van der Waals surface area (Å²) in [5, 5.41) is 0. The van der Waals surface area contributed by atoms with E-state index in [-0.39, 0.29) is 23.3 Å². The number of carbonyl (C=O) groups is 2. The molecule has 1 aliphatic heterocycles. The fraction of sp³-hybridized carbons (Fsp3) is 0.200. The van der Waals surface area contributed by atoms with Crippen LogP contribution in [0.5, 0.6) is 0 Å². The van der Waals surface area contributed by atoms with Gasteiger partial charge >= 0.3 is 0 Å². The third kappa shape index (κ3) is 3.58. The van der Waals surface area contributed by atoms with Crippen LogP contribution in [-0.4, -0.2) is 25.1 Å². The number of amides is 2. The van der Waals surface area contributed by atoms with Crippen LogP contribution in [0.25, 0.3) is 0 Å². The molecule has 0 aliphatic carbocycles. The number of fused-ring (bicyclic) bond motifs is 1. The van der Waals surface area contributed by atoms with E-state index in [9.17, 15) is 18.0 Å². The lowest BCUT2D eigenvalue weighted by atomic mass is 9.99. The van der Waals surface area contributed by atoms with Crippen LogP contribution < -0.4 is 4.72 Å². The molecule has 0 bridgehead atoms. The maximum Gasteiger partial charge on any atom is 0.262 e. The minimum atomic E-state index is -3.89. The number of carbonyl (C=O) groups excluding carboxylic acids is 2. The van der Waals surface area contributed by atoms with Gasteiger partial charge < -0.3 is 0 Å². The molecule has 1 N–H and O–H groups in total. The predicted molar refractivity (Wildman–Crippen MR) is 123 cm³/mol. The quantitative estimate of drug-likeness (QED) is 0.582. The zero-order chi connectivity index (χ0) is 23.2. The molecular formula is C25H24N2O4S. The average molecular weight is 449 g/mol. The van der Waals surface area contributed by atoms with Crippen LogP contribution in [0.1, 0.15) is 48.5 Å². The monoisotopic (exact) mass is 448 g/mol. The molecule has 2 amide bonds. The van der Waals surface area contributed by atoms with Crippen molar-refractivity contribution < 1.29 is 18.0 Å². The zero-order valence-electron chi connectivity index (χ0n) is 18.4. The van der Waals surface area contributed by atoms with Gasteiger partial charge in [0.2, 0.25) is 0 Å². The number of anilines is 1. The Morgan fingerprint density at radius 1 is 0.781 bits per heavy atom. The number of imide groups is 1. The van der Waals surface area contributed by atoms with Crippen LogP contribution in [0.2, 0.25) is 0 Å². The van der Waals surface area contributed by atoms with Crippen molar-refractivity contribution in [2.75, 3.05) is 4.72 Å². The summed E-state index contributed by atoms with van der Waals surface area (Å²) in [5.41, 5.74) is 4.66. The molecule has 0 saturated carbocycles. The average Bonchev–Trinajstić information content (AvgIpc) is 2.97. The number of aryl methyl sites for hydroxylation is 3. The van der Waals surface area contributed by atoms with Crippen LogP contribution >= 0.6 is 0 Å². The highest BCUT2D eigenvalue weighted by molar-refractivity contribution is 7.92. The van der Waals surface area contributed by atoms with Gasteiger partial charge in [0, 0.05) is 0 Å². The summed E-state index contributed by atoms with van der Waals surface area (Å²) in [6.45, 7) is 7.17. The summed E-state index contributed by atoms with van der Waals surface area (Å²) < 4.78 is 29.4. The SMILES string of the molecule is Cc1ccccc1NS(=O)(=O)c1c(C)cc(C)c(CN2C(=O)c3ccccc3C2=O)c1C. The number of hydrogen-bond donors (Lipinski definition) is 1. The van der Waals surface area contributed by atoms with Crippen molar-refractivity contribution in [3.63, 3.8) is 0 Å². The first-order valence-electron chi connectivity index (χ1n) is 10.2. The van der Waals surface area contributed by atoms with Gasteiger partial charge in [0.1, 0.15) is 0 Å². The van der Waals surface area contributed by atoms with Crippen molar-refractivity contribution in [3.8, 4) is 0 Å². The summed E-state index contributed by atoms with van der Waals surface area (Å²) in [4.78, 5) is 27.0. The molecule has 0 saturated heterocycles. The third-order valence-electron chi connectivity index (χ3n) is 5.91. The van der Waals surface area contributed by atoms with E-state index in [1.807, 2.05) is 26.0 Å². The summed E-state index contributed by atoms with van der Waals surface area (Å²) in [6, 6.07) is 15.6. The van der Waals surface area contributed by atoms with Crippen molar-refractivity contribution in [2.24, 2.45) is 0 Å². The standard InChI is InChI=1S/C25H24N2O4S/c1-15-9-5-8-12-22(15)26-32(30,31)23-17(3)13-16(2)21(18(23)4)14-27-24(28)19-10-6-7-11-20(19)25(27)29/h5-13,26H,14H2,1-4H3. The highest BCUT2D eigenvalue weighted by Crippen LogP contribution is 2.32. The first-order valence-corrected chi connectivity index (χ1v) is 11.7. The van der Waals surface area contributed by atoms with Gasteiger partial charge in [-0.3, -0.25) is 19.2 Å². The van der Waals surface area contributed by atoms with E-state index in [0.717, 1.165) is 11.1 Å². The van der Waals surface area contributed by atoms with Gasteiger partial charge in [0.05, 0.1) is 28.3 Å². The van der Waals surface area contributed by atoms with Crippen LogP contribution in [0.3, 0.4) is 0 Å². The molecule has 32 heavy (non-hydrogen) atoms. The van der Waals surface area contributed by atoms with Crippen molar-refractivity contribution in [2.45, 2.75) is 39.1 Å². The van der Waals surface area contributed by atoms with Gasteiger partial charge in [-0.05, 0) is 73.7 Å². The molecule has 0 aromatic heterocycles. The molecule has 0 spiro atoms. The molecule has 0 fully saturated rings. The zero-order valence-corrected chi connectivity index (χ0v) is 19.2. The van der Waals surface area contributed by atoms with Crippen molar-refractivity contribution in [1.82, 2.24) is 4.90 Å². The van der Waals surface area contributed by atoms with Crippen LogP contribution in [0.4, 0.5) is 5.69 Å². The number of nitrogens with zero attached hydrogens (tertiary/aromatic N) is 1. The largest absolute Gasteiger partial charge is 0.279 e. The molecule has 1 aliphatic rings. The Morgan fingerprint density at radius 3 is 1.94 bits per heavy atom. The van der Waals surface area contributed by atoms with E-state index < -0.39 is 10.0 Å². The molecule has 0 atom stereocenters. The Hall–Kier alpha value is -3.45. The summed E-state index contributed by atoms with van der Waals surface area (Å²) in [6.07, 6.45) is 0. The second-order valence-corrected chi connectivity index (χ2v) is 9.72. The summed E-state index contributed by atoms with van der Waals surface area (Å²) in [7, 11) is -3.89. The van der Waals surface area contributed by atoms with E-state index >= 15 is 0 Å². The van der Waals surface area contributed by atoms with E-state index in [2.05, 4.69) is 4.72 Å². The number of hydrogen-bond acceptors (Lipinski definition) is 4. The molecule has 4 rings (SSSR count). The lowest BCUT2D eigenvalue weighted by molar-refractivity contribution is 0.0642. The Kier molecular flexibility index (Phi) is 5.38. The highest BCUT2D eigenvalue weighted by atomic mass is 32.2. The molecule has 6 nitrogen and oxygen atoms in total. The number of nitrogens with one attached hydrogen (secondary N) is 1. The van der Waals surface area contributed by atoms with Crippen LogP contribution in [0.15, 0.2) is 59.5 Å². The van der Waals surface area contributed by atoms with E-state index in [1.165, 1.54) is 4.90 Å². The minimum absolute atomic E-state index is 0.0111. The van der Waals surface area contributed by atoms with Gasteiger partial charge in [0.25, 0.3) is 21.8 Å². The highest BCUT2D eigenvalue weighted by Gasteiger charge is 2.36. The topological polar surface area (TPSA) is 83.6 Å². The second-order valence-electron chi connectivity index (χ2n) is 8.11. The lowest BCUT2D eigenvalue weighted by Crippen LogP contribution is -2.30. The maximum absolute atomic E-state index is 13.3. The molecule has 7 heteroatoms. The van der Waals surface area contributed by atoms with Gasteiger partial charge in [-0.25, -0.2) is 8.42 Å². The van der Waals surface area contributed by atoms with Crippen molar-refractivity contribution in [3.05, 3.63) is 93.5 Å². The number of rotatable bonds is 5. The normalized spacial score (nSPS) is 13.4. The Labute approximate surface area is 187 Å². The smallest absolute Gasteiger partial charge is 0.262 e. The van der Waals surface area contributed by atoms with Gasteiger partial charge in [-0.2, -0.15) is 0 Å². The first-order chi connectivity index (χ1) is 15.1. The lowest BCUT2D eigenvalue weighted by Gasteiger charge is -2.22. The molecule has 3 aromatic rings. The van der Waals surface area contributed by atoms with Crippen LogP contribution in [0, 0.1) is 27.7 Å². The molecule has 0 radical (unpaired) electrons. The van der Waals surface area contributed by atoms with Crippen molar-refractivity contribution in [1.29, 1.82) is 0 Å². The number of para-hydroxylation sites is 1. The van der Waals surface area contributed by atoms with E-state index in [0.29, 0.717) is 33.5 Å². The Morgan fingerprint density at radius 2 is 1.34 bits per heavy atom. The molecule has 3 aromatic carbocycles. The molecular weight excluding hydrogens is 424 g/mol. The van der Waals surface area contributed by atoms with Gasteiger partial charge in [0.15, 0.2) is 0 Å². The van der Waals surface area contributed by atoms with Crippen LogP contribution in [-0.2, 0) is 16.6 Å². The van der Waals surface area contributed by atoms with Crippen molar-refractivity contribution >= 4 is 27.5 Å². The van der Waals surface area contributed by atoms with E-state index in [4.69, 9.17) is 0 Å². The van der Waals surface area contributed by atoms with Gasteiger partial charge in [-0.1, -0.05) is 36.4 Å². The fourth-order valence-corrected chi connectivity index (χ4v) is 5.92. The number of sulfonamides is 1.